The van der Waals surface area contributed by atoms with Gasteiger partial charge in [0.2, 0.25) is 0 Å². The minimum Gasteiger partial charge on any atom is -0.330 e. The normalized spacial score (nSPS) is 16.4. The molecular weight excluding hydrogens is 353 g/mol. The molecule has 3 rings (SSSR count). The van der Waals surface area contributed by atoms with Crippen molar-refractivity contribution in [2.75, 3.05) is 13.6 Å². The third kappa shape index (κ3) is 3.07. The molecule has 1 aromatic heterocycles. The highest BCUT2D eigenvalue weighted by molar-refractivity contribution is 9.10. The number of rotatable bonds is 4. The quantitative estimate of drug-likeness (QED) is 0.801. The average Bonchev–Trinajstić information content (AvgIpc) is 3.06. The van der Waals surface area contributed by atoms with E-state index in [4.69, 9.17) is 12.2 Å². The van der Waals surface area contributed by atoms with E-state index in [1.165, 1.54) is 31.7 Å². The van der Waals surface area contributed by atoms with Crippen LogP contribution in [0.2, 0.25) is 0 Å². The monoisotopic (exact) mass is 371 g/mol. The lowest BCUT2D eigenvalue weighted by atomic mass is 10.2. The first-order chi connectivity index (χ1) is 10.1. The molecule has 114 valence electrons. The fraction of sp³-hybridized carbons (Fsp3) is 0.533. The van der Waals surface area contributed by atoms with Crippen LogP contribution < -0.4 is 0 Å². The van der Waals surface area contributed by atoms with Crippen molar-refractivity contribution in [1.82, 2.24) is 14.5 Å². The molecule has 0 unspecified atom stereocenters. The van der Waals surface area contributed by atoms with Gasteiger partial charge in [0.15, 0.2) is 4.77 Å². The average molecular weight is 372 g/mol. The van der Waals surface area contributed by atoms with Crippen LogP contribution in [0.5, 0.6) is 0 Å². The predicted octanol–water partition coefficient (Wildman–Crippen LogP) is 4.47. The molecule has 3 nitrogen and oxygen atoms in total. The van der Waals surface area contributed by atoms with Crippen molar-refractivity contribution >= 4 is 39.2 Å². The zero-order valence-electron chi connectivity index (χ0n) is 12.0. The summed E-state index contributed by atoms with van der Waals surface area (Å²) >= 11 is 8.62. The second-order valence-corrected chi connectivity index (χ2v) is 7.03. The molecule has 0 saturated heterocycles. The SMILES string of the molecule is CN(CCn1c(=S)[nH]c2cc(F)c(Br)cc21)C1CCCC1. The van der Waals surface area contributed by atoms with Crippen LogP contribution >= 0.6 is 28.1 Å². The van der Waals surface area contributed by atoms with Gasteiger partial charge in [0, 0.05) is 25.2 Å². The maximum absolute atomic E-state index is 13.6. The van der Waals surface area contributed by atoms with Crippen molar-refractivity contribution in [2.45, 2.75) is 38.3 Å². The summed E-state index contributed by atoms with van der Waals surface area (Å²) in [6, 6.07) is 3.99. The molecule has 0 atom stereocenters. The number of aromatic nitrogens is 2. The molecule has 1 fully saturated rings. The predicted molar refractivity (Wildman–Crippen MR) is 89.7 cm³/mol. The Labute approximate surface area is 137 Å². The lowest BCUT2D eigenvalue weighted by molar-refractivity contribution is 0.237. The lowest BCUT2D eigenvalue weighted by Gasteiger charge is -2.24. The second kappa shape index (κ2) is 6.18. The van der Waals surface area contributed by atoms with E-state index in [0.29, 0.717) is 15.3 Å². The number of hydrogen-bond acceptors (Lipinski definition) is 2. The molecule has 1 N–H and O–H groups in total. The first-order valence-corrected chi connectivity index (χ1v) is 8.54. The Bertz CT molecular complexity index is 703. The van der Waals surface area contributed by atoms with Crippen molar-refractivity contribution in [3.63, 3.8) is 0 Å². The standard InChI is InChI=1S/C15H19BrFN3S/c1-19(10-4-2-3-5-10)6-7-20-14-8-11(16)12(17)9-13(14)18-15(20)21/h8-10H,2-7H2,1H3,(H,18,21). The maximum Gasteiger partial charge on any atom is 0.178 e. The van der Waals surface area contributed by atoms with Crippen LogP contribution in [0, 0.1) is 10.6 Å². The van der Waals surface area contributed by atoms with Gasteiger partial charge in [-0.25, -0.2) is 4.39 Å². The van der Waals surface area contributed by atoms with Crippen LogP contribution in [0.1, 0.15) is 25.7 Å². The van der Waals surface area contributed by atoms with Gasteiger partial charge < -0.3 is 14.5 Å². The number of nitrogens with one attached hydrogen (secondary N) is 1. The Kier molecular flexibility index (Phi) is 4.47. The molecule has 1 aliphatic rings. The summed E-state index contributed by atoms with van der Waals surface area (Å²) in [7, 11) is 2.18. The summed E-state index contributed by atoms with van der Waals surface area (Å²) < 4.78 is 16.8. The molecule has 6 heteroatoms. The van der Waals surface area contributed by atoms with E-state index < -0.39 is 0 Å². The number of hydrogen-bond donors (Lipinski definition) is 1. The molecule has 1 aromatic carbocycles. The molecule has 0 radical (unpaired) electrons. The molecule has 1 aliphatic carbocycles. The fourth-order valence-electron chi connectivity index (χ4n) is 3.16. The summed E-state index contributed by atoms with van der Waals surface area (Å²) in [5, 5.41) is 0. The van der Waals surface area contributed by atoms with Gasteiger partial charge in [-0.3, -0.25) is 0 Å². The Hall–Kier alpha value is -0.720. The third-order valence-electron chi connectivity index (χ3n) is 4.44. The van der Waals surface area contributed by atoms with Crippen LogP contribution in [0.4, 0.5) is 4.39 Å². The molecule has 0 bridgehead atoms. The van der Waals surface area contributed by atoms with Gasteiger partial charge >= 0.3 is 0 Å². The Balaban J connectivity index is 1.81. The summed E-state index contributed by atoms with van der Waals surface area (Å²) in [5.74, 6) is -0.269. The number of fused-ring (bicyclic) bond motifs is 1. The molecule has 1 saturated carbocycles. The number of halogens is 2. The smallest absolute Gasteiger partial charge is 0.178 e. The largest absolute Gasteiger partial charge is 0.330 e. The van der Waals surface area contributed by atoms with Crippen LogP contribution in [-0.4, -0.2) is 34.1 Å². The van der Waals surface area contributed by atoms with Crippen molar-refractivity contribution < 1.29 is 4.39 Å². The van der Waals surface area contributed by atoms with Gasteiger partial charge in [0.25, 0.3) is 0 Å². The Morgan fingerprint density at radius 2 is 2.14 bits per heavy atom. The van der Waals surface area contributed by atoms with Crippen LogP contribution in [0.25, 0.3) is 11.0 Å². The highest BCUT2D eigenvalue weighted by Crippen LogP contribution is 2.24. The highest BCUT2D eigenvalue weighted by atomic mass is 79.9. The molecule has 21 heavy (non-hydrogen) atoms. The van der Waals surface area contributed by atoms with Crippen molar-refractivity contribution in [2.24, 2.45) is 0 Å². The Morgan fingerprint density at radius 1 is 1.43 bits per heavy atom. The molecule has 0 aliphatic heterocycles. The Morgan fingerprint density at radius 3 is 2.86 bits per heavy atom. The minimum absolute atomic E-state index is 0.269. The topological polar surface area (TPSA) is 24.0 Å². The van der Waals surface area contributed by atoms with Gasteiger partial charge in [0.1, 0.15) is 5.82 Å². The number of likely N-dealkylation sites (N-methyl/N-ethyl adjacent to an activating group) is 1. The van der Waals surface area contributed by atoms with Crippen molar-refractivity contribution in [3.8, 4) is 0 Å². The molecule has 0 spiro atoms. The lowest BCUT2D eigenvalue weighted by Crippen LogP contribution is -2.32. The summed E-state index contributed by atoms with van der Waals surface area (Å²) in [6.45, 7) is 1.78. The van der Waals surface area contributed by atoms with Crippen LogP contribution in [-0.2, 0) is 6.54 Å². The van der Waals surface area contributed by atoms with Gasteiger partial charge in [0.05, 0.1) is 15.5 Å². The van der Waals surface area contributed by atoms with E-state index in [9.17, 15) is 4.39 Å². The van der Waals surface area contributed by atoms with Gasteiger partial charge in [-0.05, 0) is 54.1 Å². The van der Waals surface area contributed by atoms with Gasteiger partial charge in [-0.1, -0.05) is 12.8 Å². The van der Waals surface area contributed by atoms with Crippen molar-refractivity contribution in [3.05, 3.63) is 27.2 Å². The number of imidazole rings is 1. The van der Waals surface area contributed by atoms with Crippen molar-refractivity contribution in [1.29, 1.82) is 0 Å². The second-order valence-electron chi connectivity index (χ2n) is 5.78. The maximum atomic E-state index is 13.6. The zero-order valence-corrected chi connectivity index (χ0v) is 14.4. The number of H-pyrrole nitrogens is 1. The van der Waals surface area contributed by atoms with Crippen LogP contribution in [0.3, 0.4) is 0 Å². The fourth-order valence-corrected chi connectivity index (χ4v) is 3.79. The summed E-state index contributed by atoms with van der Waals surface area (Å²) in [5.41, 5.74) is 1.71. The first-order valence-electron chi connectivity index (χ1n) is 7.34. The zero-order chi connectivity index (χ0) is 15.0. The van der Waals surface area contributed by atoms with Crippen LogP contribution in [0.15, 0.2) is 16.6 Å². The summed E-state index contributed by atoms with van der Waals surface area (Å²) in [6.07, 6.45) is 5.28. The molecule has 2 aromatic rings. The van der Waals surface area contributed by atoms with E-state index >= 15 is 0 Å². The van der Waals surface area contributed by atoms with Gasteiger partial charge in [-0.2, -0.15) is 0 Å². The minimum atomic E-state index is -0.269. The van der Waals surface area contributed by atoms with E-state index in [0.717, 1.165) is 24.1 Å². The first kappa shape index (κ1) is 15.2. The molecule has 1 heterocycles. The number of benzene rings is 1. The van der Waals surface area contributed by atoms with E-state index in [1.807, 2.05) is 0 Å². The van der Waals surface area contributed by atoms with E-state index in [2.05, 4.69) is 37.4 Å². The van der Waals surface area contributed by atoms with Gasteiger partial charge in [-0.15, -0.1) is 0 Å². The number of aromatic amines is 1. The molecule has 0 amide bonds. The highest BCUT2D eigenvalue weighted by Gasteiger charge is 2.19. The van der Waals surface area contributed by atoms with E-state index in [-0.39, 0.29) is 5.82 Å². The molecular formula is C15H19BrFN3S. The summed E-state index contributed by atoms with van der Waals surface area (Å²) in [4.78, 5) is 5.51. The third-order valence-corrected chi connectivity index (χ3v) is 5.37. The van der Waals surface area contributed by atoms with E-state index in [1.54, 1.807) is 6.07 Å². The number of nitrogens with zero attached hydrogens (tertiary/aromatic N) is 2.